The second-order valence-electron chi connectivity index (χ2n) is 7.77. The van der Waals surface area contributed by atoms with Crippen molar-refractivity contribution < 1.29 is 0 Å². The van der Waals surface area contributed by atoms with Gasteiger partial charge in [0.25, 0.3) is 0 Å². The molecule has 4 heterocycles. The topological polar surface area (TPSA) is 33.4 Å². The number of hydrogen-bond donors (Lipinski definition) is 0. The van der Waals surface area contributed by atoms with Crippen LogP contribution in [-0.4, -0.2) is 31.4 Å². The van der Waals surface area contributed by atoms with Gasteiger partial charge in [0, 0.05) is 35.9 Å². The first kappa shape index (κ1) is 16.4. The van der Waals surface area contributed by atoms with Gasteiger partial charge < -0.3 is 9.47 Å². The fraction of sp³-hybridized carbons (Fsp3) is 0.524. The van der Waals surface area contributed by atoms with E-state index < -0.39 is 0 Å². The maximum atomic E-state index is 5.12. The van der Waals surface area contributed by atoms with Gasteiger partial charge in [0.05, 0.1) is 11.7 Å². The van der Waals surface area contributed by atoms with Gasteiger partial charge in [-0.3, -0.25) is 9.98 Å². The van der Waals surface area contributed by atoms with Crippen molar-refractivity contribution >= 4 is 16.9 Å². The van der Waals surface area contributed by atoms with Gasteiger partial charge in [0.15, 0.2) is 5.17 Å². The Bertz CT molecular complexity index is 793. The highest BCUT2D eigenvalue weighted by Crippen LogP contribution is 2.48. The smallest absolute Gasteiger partial charge is 0.160 e. The Morgan fingerprint density at radius 2 is 1.96 bits per heavy atom. The van der Waals surface area contributed by atoms with Crippen LogP contribution in [0.15, 0.2) is 47.7 Å². The summed E-state index contributed by atoms with van der Waals surface area (Å²) >= 11 is 1.92. The highest BCUT2D eigenvalue weighted by molar-refractivity contribution is 8.14. The molecule has 26 heavy (non-hydrogen) atoms. The standard InChI is InChI=1S/C21H26N4S/c1-15-14-25-20(18-11-7-13-24(18)16-8-3-2-4-9-16)19(23-21(25)26-15)17-10-5-6-12-22-17/h5-7,10-13,15-16,19-20H,2-4,8-9,14H2,1H3/t15-,19-,20+/m1/s1. The summed E-state index contributed by atoms with van der Waals surface area (Å²) in [6.07, 6.45) is 10.9. The van der Waals surface area contributed by atoms with E-state index in [0.29, 0.717) is 11.3 Å². The van der Waals surface area contributed by atoms with Crippen LogP contribution in [0.25, 0.3) is 0 Å². The molecular formula is C21H26N4S. The third-order valence-corrected chi connectivity index (χ3v) is 7.07. The molecule has 5 rings (SSSR count). The number of fused-ring (bicyclic) bond motifs is 1. The van der Waals surface area contributed by atoms with Gasteiger partial charge in [-0.25, -0.2) is 0 Å². The molecule has 0 amide bonds. The first-order valence-electron chi connectivity index (χ1n) is 9.90. The first-order chi connectivity index (χ1) is 12.8. The van der Waals surface area contributed by atoms with E-state index in [1.807, 2.05) is 24.0 Å². The van der Waals surface area contributed by atoms with Crippen LogP contribution < -0.4 is 0 Å². The van der Waals surface area contributed by atoms with Gasteiger partial charge in [-0.15, -0.1) is 0 Å². The van der Waals surface area contributed by atoms with E-state index in [2.05, 4.69) is 51.8 Å². The van der Waals surface area contributed by atoms with Crippen molar-refractivity contribution in [1.82, 2.24) is 14.5 Å². The third kappa shape index (κ3) is 2.77. The van der Waals surface area contributed by atoms with Gasteiger partial charge in [-0.05, 0) is 37.1 Å². The molecule has 0 aromatic carbocycles. The largest absolute Gasteiger partial charge is 0.346 e. The number of nitrogens with zero attached hydrogens (tertiary/aromatic N) is 4. The van der Waals surface area contributed by atoms with Crippen LogP contribution in [0.4, 0.5) is 0 Å². The molecule has 2 fully saturated rings. The number of thioether (sulfide) groups is 1. The van der Waals surface area contributed by atoms with Crippen LogP contribution in [0, 0.1) is 0 Å². The summed E-state index contributed by atoms with van der Waals surface area (Å²) in [4.78, 5) is 12.3. The van der Waals surface area contributed by atoms with Crippen molar-refractivity contribution in [2.75, 3.05) is 6.54 Å². The van der Waals surface area contributed by atoms with Gasteiger partial charge in [0.1, 0.15) is 6.04 Å². The molecule has 2 aromatic heterocycles. The minimum atomic E-state index is 0.100. The van der Waals surface area contributed by atoms with E-state index in [1.165, 1.54) is 43.0 Å². The molecule has 1 saturated heterocycles. The van der Waals surface area contributed by atoms with Gasteiger partial charge in [-0.2, -0.15) is 0 Å². The lowest BCUT2D eigenvalue weighted by atomic mass is 9.94. The SMILES string of the molecule is C[C@@H]1CN2C(=N[C@H](c3ccccn3)[C@@H]2c2cccn2C2CCCCC2)S1. The second kappa shape index (κ2) is 6.76. The van der Waals surface area contributed by atoms with E-state index in [4.69, 9.17) is 4.99 Å². The van der Waals surface area contributed by atoms with E-state index in [9.17, 15) is 0 Å². The van der Waals surface area contributed by atoms with E-state index >= 15 is 0 Å². The van der Waals surface area contributed by atoms with Gasteiger partial charge >= 0.3 is 0 Å². The minimum Gasteiger partial charge on any atom is -0.346 e. The zero-order valence-electron chi connectivity index (χ0n) is 15.3. The maximum Gasteiger partial charge on any atom is 0.160 e. The molecule has 2 aromatic rings. The van der Waals surface area contributed by atoms with Crippen molar-refractivity contribution in [1.29, 1.82) is 0 Å². The number of rotatable bonds is 3. The van der Waals surface area contributed by atoms with Crippen molar-refractivity contribution in [3.05, 3.63) is 54.1 Å². The van der Waals surface area contributed by atoms with Crippen LogP contribution in [0.3, 0.4) is 0 Å². The summed E-state index contributed by atoms with van der Waals surface area (Å²) in [6, 6.07) is 11.8. The summed E-state index contributed by atoms with van der Waals surface area (Å²) in [7, 11) is 0. The number of hydrogen-bond acceptors (Lipinski definition) is 4. The summed E-state index contributed by atoms with van der Waals surface area (Å²) in [5.41, 5.74) is 2.50. The molecule has 4 nitrogen and oxygen atoms in total. The molecule has 0 spiro atoms. The van der Waals surface area contributed by atoms with Crippen molar-refractivity contribution in [3.8, 4) is 0 Å². The normalized spacial score (nSPS) is 29.0. The lowest BCUT2D eigenvalue weighted by Gasteiger charge is -2.32. The Labute approximate surface area is 159 Å². The Morgan fingerprint density at radius 1 is 1.08 bits per heavy atom. The van der Waals surface area contributed by atoms with E-state index in [1.54, 1.807) is 0 Å². The molecule has 1 saturated carbocycles. The summed E-state index contributed by atoms with van der Waals surface area (Å²) in [5.74, 6) is 0. The Hall–Kier alpha value is -1.75. The zero-order valence-corrected chi connectivity index (χ0v) is 16.1. The van der Waals surface area contributed by atoms with Crippen LogP contribution in [0.5, 0.6) is 0 Å². The zero-order chi connectivity index (χ0) is 17.5. The Morgan fingerprint density at radius 3 is 2.77 bits per heavy atom. The molecular weight excluding hydrogens is 340 g/mol. The summed E-state index contributed by atoms with van der Waals surface area (Å²) in [6.45, 7) is 3.38. The number of amidine groups is 1. The molecule has 2 aliphatic heterocycles. The molecule has 3 atom stereocenters. The predicted molar refractivity (Wildman–Crippen MR) is 107 cm³/mol. The molecule has 5 heteroatoms. The van der Waals surface area contributed by atoms with Crippen molar-refractivity contribution in [2.24, 2.45) is 4.99 Å². The number of pyridine rings is 1. The Kier molecular flexibility index (Phi) is 4.27. The quantitative estimate of drug-likeness (QED) is 0.768. The number of aliphatic imine (C=N–C) groups is 1. The molecule has 0 bridgehead atoms. The molecule has 3 aliphatic rings. The van der Waals surface area contributed by atoms with Crippen molar-refractivity contribution in [2.45, 2.75) is 62.4 Å². The molecule has 0 N–H and O–H groups in total. The first-order valence-corrected chi connectivity index (χ1v) is 10.8. The predicted octanol–water partition coefficient (Wildman–Crippen LogP) is 4.98. The van der Waals surface area contributed by atoms with Crippen molar-refractivity contribution in [3.63, 3.8) is 0 Å². The second-order valence-corrected chi connectivity index (χ2v) is 9.17. The molecule has 1 aliphatic carbocycles. The highest BCUT2D eigenvalue weighted by Gasteiger charge is 2.44. The van der Waals surface area contributed by atoms with Crippen LogP contribution in [0.2, 0.25) is 0 Å². The van der Waals surface area contributed by atoms with Crippen LogP contribution in [0.1, 0.15) is 68.5 Å². The monoisotopic (exact) mass is 366 g/mol. The minimum absolute atomic E-state index is 0.100. The average Bonchev–Trinajstić information content (AvgIpc) is 3.37. The Balaban J connectivity index is 1.55. The number of aromatic nitrogens is 2. The van der Waals surface area contributed by atoms with Crippen LogP contribution >= 0.6 is 11.8 Å². The molecule has 0 unspecified atom stereocenters. The third-order valence-electron chi connectivity index (χ3n) is 5.96. The molecule has 136 valence electrons. The van der Waals surface area contributed by atoms with E-state index in [-0.39, 0.29) is 12.1 Å². The average molecular weight is 367 g/mol. The van der Waals surface area contributed by atoms with Gasteiger partial charge in [-0.1, -0.05) is 44.0 Å². The fourth-order valence-electron chi connectivity index (χ4n) is 4.79. The summed E-state index contributed by atoms with van der Waals surface area (Å²) < 4.78 is 2.56. The summed E-state index contributed by atoms with van der Waals surface area (Å²) in [5, 5.41) is 1.81. The highest BCUT2D eigenvalue weighted by atomic mass is 32.2. The fourth-order valence-corrected chi connectivity index (χ4v) is 5.88. The lowest BCUT2D eigenvalue weighted by Crippen LogP contribution is -2.31. The van der Waals surface area contributed by atoms with Gasteiger partial charge in [0.2, 0.25) is 0 Å². The lowest BCUT2D eigenvalue weighted by molar-refractivity contribution is 0.282. The molecule has 0 radical (unpaired) electrons. The van der Waals surface area contributed by atoms with Crippen LogP contribution in [-0.2, 0) is 0 Å². The van der Waals surface area contributed by atoms with E-state index in [0.717, 1.165) is 12.2 Å². The maximum absolute atomic E-state index is 5.12.